The van der Waals surface area contributed by atoms with Crippen LogP contribution in [0.15, 0.2) is 46.9 Å². The second-order valence-electron chi connectivity index (χ2n) is 3.49. The van der Waals surface area contributed by atoms with Crippen LogP contribution in [0.4, 0.5) is 0 Å². The third-order valence-corrected chi connectivity index (χ3v) is 3.15. The molecule has 0 saturated heterocycles. The largest absolute Gasteiger partial charge is 0.0843 e. The molecule has 2 aromatic carbocycles. The first-order valence-electron chi connectivity index (χ1n) is 4.69. The predicted molar refractivity (Wildman–Crippen MR) is 69.3 cm³/mol. The Hall–Kier alpha value is -0.790. The van der Waals surface area contributed by atoms with E-state index in [0.29, 0.717) is 0 Å². The molecule has 0 aliphatic rings. The van der Waals surface area contributed by atoms with Crippen LogP contribution in [0.5, 0.6) is 0 Å². The lowest BCUT2D eigenvalue weighted by Gasteiger charge is -2.06. The number of halogens is 2. The van der Waals surface area contributed by atoms with Crippen LogP contribution in [0, 0.1) is 6.92 Å². The van der Waals surface area contributed by atoms with Crippen LogP contribution in [0.1, 0.15) is 5.56 Å². The smallest absolute Gasteiger partial charge is 0.0412 e. The van der Waals surface area contributed by atoms with Gasteiger partial charge in [-0.05, 0) is 41.8 Å². The fourth-order valence-electron chi connectivity index (χ4n) is 1.51. The van der Waals surface area contributed by atoms with Crippen molar-refractivity contribution in [1.29, 1.82) is 0 Å². The Kier molecular flexibility index (Phi) is 3.13. The molecule has 0 spiro atoms. The lowest BCUT2D eigenvalue weighted by Crippen LogP contribution is -1.81. The van der Waals surface area contributed by atoms with Crippen molar-refractivity contribution in [3.63, 3.8) is 0 Å². The Labute approximate surface area is 103 Å². The van der Waals surface area contributed by atoms with Crippen LogP contribution < -0.4 is 0 Å². The molecule has 2 rings (SSSR count). The molecule has 2 aromatic rings. The molecule has 15 heavy (non-hydrogen) atoms. The number of hydrogen-bond donors (Lipinski definition) is 0. The van der Waals surface area contributed by atoms with E-state index in [1.165, 1.54) is 11.1 Å². The van der Waals surface area contributed by atoms with Gasteiger partial charge in [0, 0.05) is 9.50 Å². The molecule has 0 saturated carbocycles. The first-order valence-corrected chi connectivity index (χ1v) is 5.86. The van der Waals surface area contributed by atoms with Gasteiger partial charge < -0.3 is 0 Å². The highest BCUT2D eigenvalue weighted by atomic mass is 79.9. The van der Waals surface area contributed by atoms with Gasteiger partial charge in [-0.25, -0.2) is 0 Å². The molecule has 2 heteroatoms. The second-order valence-corrected chi connectivity index (χ2v) is 4.78. The van der Waals surface area contributed by atoms with Crippen molar-refractivity contribution in [2.75, 3.05) is 0 Å². The van der Waals surface area contributed by atoms with Crippen molar-refractivity contribution in [3.8, 4) is 11.1 Å². The van der Waals surface area contributed by atoms with Crippen molar-refractivity contribution in [3.05, 3.63) is 57.5 Å². The number of rotatable bonds is 1. The van der Waals surface area contributed by atoms with Gasteiger partial charge in [-0.15, -0.1) is 0 Å². The normalized spacial score (nSPS) is 10.3. The molecule has 0 N–H and O–H groups in total. The highest BCUT2D eigenvalue weighted by Crippen LogP contribution is 2.30. The maximum absolute atomic E-state index is 5.96. The molecule has 0 radical (unpaired) electrons. The first-order chi connectivity index (χ1) is 7.16. The van der Waals surface area contributed by atoms with Gasteiger partial charge in [0.05, 0.1) is 0 Å². The summed E-state index contributed by atoms with van der Waals surface area (Å²) >= 11 is 9.53. The van der Waals surface area contributed by atoms with Gasteiger partial charge in [-0.3, -0.25) is 0 Å². The zero-order valence-corrected chi connectivity index (χ0v) is 10.6. The Morgan fingerprint density at radius 1 is 1.07 bits per heavy atom. The molecule has 0 atom stereocenters. The molecule has 0 bridgehead atoms. The molecule has 0 nitrogen and oxygen atoms in total. The SMILES string of the molecule is Cc1ccc(-c2cccc(Cl)c2)c(Br)c1. The summed E-state index contributed by atoms with van der Waals surface area (Å²) in [5, 5.41) is 0.764. The molecule has 76 valence electrons. The fourth-order valence-corrected chi connectivity index (χ4v) is 2.42. The minimum atomic E-state index is 0.764. The number of hydrogen-bond acceptors (Lipinski definition) is 0. The van der Waals surface area contributed by atoms with Crippen LogP contribution in [-0.2, 0) is 0 Å². The molecular weight excluding hydrogens is 272 g/mol. The maximum atomic E-state index is 5.96. The number of aryl methyl sites for hydroxylation is 1. The summed E-state index contributed by atoms with van der Waals surface area (Å²) in [5.41, 5.74) is 3.55. The quantitative estimate of drug-likeness (QED) is 0.684. The summed E-state index contributed by atoms with van der Waals surface area (Å²) in [7, 11) is 0. The Morgan fingerprint density at radius 3 is 2.53 bits per heavy atom. The molecule has 0 heterocycles. The van der Waals surface area contributed by atoms with E-state index in [1.54, 1.807) is 0 Å². The lowest BCUT2D eigenvalue weighted by molar-refractivity contribution is 1.45. The standard InChI is InChI=1S/C13H10BrCl/c1-9-5-6-12(13(14)7-9)10-3-2-4-11(15)8-10/h2-8H,1H3. The van der Waals surface area contributed by atoms with Crippen LogP contribution >= 0.6 is 27.5 Å². The van der Waals surface area contributed by atoms with Gasteiger partial charge in [0.25, 0.3) is 0 Å². The molecule has 0 aliphatic heterocycles. The molecule has 0 fully saturated rings. The van der Waals surface area contributed by atoms with Crippen LogP contribution in [0.2, 0.25) is 5.02 Å². The second kappa shape index (κ2) is 4.38. The average Bonchev–Trinajstić information content (AvgIpc) is 2.17. The van der Waals surface area contributed by atoms with E-state index in [1.807, 2.05) is 18.2 Å². The summed E-state index contributed by atoms with van der Waals surface area (Å²) in [4.78, 5) is 0. The van der Waals surface area contributed by atoms with Gasteiger partial charge in [0.1, 0.15) is 0 Å². The van der Waals surface area contributed by atoms with Gasteiger partial charge >= 0.3 is 0 Å². The van der Waals surface area contributed by atoms with Gasteiger partial charge in [-0.1, -0.05) is 51.8 Å². The van der Waals surface area contributed by atoms with Gasteiger partial charge in [-0.2, -0.15) is 0 Å². The summed E-state index contributed by atoms with van der Waals surface area (Å²) in [6.45, 7) is 2.08. The van der Waals surface area contributed by atoms with E-state index in [9.17, 15) is 0 Å². The average molecular weight is 282 g/mol. The Balaban J connectivity index is 2.54. The van der Waals surface area contributed by atoms with Gasteiger partial charge in [0.2, 0.25) is 0 Å². The van der Waals surface area contributed by atoms with Crippen molar-refractivity contribution >= 4 is 27.5 Å². The zero-order valence-electron chi connectivity index (χ0n) is 8.30. The summed E-state index contributed by atoms with van der Waals surface area (Å²) in [6.07, 6.45) is 0. The van der Waals surface area contributed by atoms with Crippen LogP contribution in [0.25, 0.3) is 11.1 Å². The van der Waals surface area contributed by atoms with Crippen molar-refractivity contribution in [2.24, 2.45) is 0 Å². The molecule has 0 aliphatic carbocycles. The summed E-state index contributed by atoms with van der Waals surface area (Å²) < 4.78 is 1.10. The maximum Gasteiger partial charge on any atom is 0.0412 e. The molecular formula is C13H10BrCl. The lowest BCUT2D eigenvalue weighted by atomic mass is 10.0. The van der Waals surface area contributed by atoms with Gasteiger partial charge in [0.15, 0.2) is 0 Å². The third-order valence-electron chi connectivity index (χ3n) is 2.26. The monoisotopic (exact) mass is 280 g/mol. The van der Waals surface area contributed by atoms with E-state index in [2.05, 4.69) is 47.1 Å². The zero-order chi connectivity index (χ0) is 10.8. The summed E-state index contributed by atoms with van der Waals surface area (Å²) in [5.74, 6) is 0. The first kappa shape index (κ1) is 10.7. The van der Waals surface area contributed by atoms with E-state index in [-0.39, 0.29) is 0 Å². The minimum Gasteiger partial charge on any atom is -0.0843 e. The van der Waals surface area contributed by atoms with E-state index in [4.69, 9.17) is 11.6 Å². The fraction of sp³-hybridized carbons (Fsp3) is 0.0769. The third kappa shape index (κ3) is 2.42. The van der Waals surface area contributed by atoms with Crippen molar-refractivity contribution in [2.45, 2.75) is 6.92 Å². The predicted octanol–water partition coefficient (Wildman–Crippen LogP) is 5.08. The highest BCUT2D eigenvalue weighted by Gasteiger charge is 2.03. The van der Waals surface area contributed by atoms with Crippen LogP contribution in [-0.4, -0.2) is 0 Å². The van der Waals surface area contributed by atoms with Crippen LogP contribution in [0.3, 0.4) is 0 Å². The molecule has 0 aromatic heterocycles. The molecule has 0 unspecified atom stereocenters. The highest BCUT2D eigenvalue weighted by molar-refractivity contribution is 9.10. The van der Waals surface area contributed by atoms with Crippen molar-refractivity contribution < 1.29 is 0 Å². The van der Waals surface area contributed by atoms with E-state index < -0.39 is 0 Å². The minimum absolute atomic E-state index is 0.764. The summed E-state index contributed by atoms with van der Waals surface area (Å²) in [6, 6.07) is 14.2. The topological polar surface area (TPSA) is 0 Å². The van der Waals surface area contributed by atoms with Crippen molar-refractivity contribution in [1.82, 2.24) is 0 Å². The van der Waals surface area contributed by atoms with E-state index >= 15 is 0 Å². The molecule has 0 amide bonds. The Bertz CT molecular complexity index is 492. The number of benzene rings is 2. The van der Waals surface area contributed by atoms with E-state index in [0.717, 1.165) is 15.1 Å². The Morgan fingerprint density at radius 2 is 1.87 bits per heavy atom.